The largest absolute Gasteiger partial charge is 0.369 e. The van der Waals surface area contributed by atoms with Crippen LogP contribution >= 0.6 is 11.3 Å². The molecule has 0 unspecified atom stereocenters. The quantitative estimate of drug-likeness (QED) is 0.862. The fourth-order valence-electron chi connectivity index (χ4n) is 4.20. The lowest BCUT2D eigenvalue weighted by Crippen LogP contribution is -2.48. The van der Waals surface area contributed by atoms with E-state index < -0.39 is 0 Å². The van der Waals surface area contributed by atoms with Crippen LogP contribution in [0.15, 0.2) is 18.2 Å². The molecule has 0 atom stereocenters. The number of amides is 1. The van der Waals surface area contributed by atoms with Crippen LogP contribution in [0.1, 0.15) is 33.6 Å². The molecule has 5 nitrogen and oxygen atoms in total. The first-order valence-corrected chi connectivity index (χ1v) is 10.8. The maximum Gasteiger partial charge on any atom is 0.239 e. The summed E-state index contributed by atoms with van der Waals surface area (Å²) in [6, 6.07) is 8.74. The van der Waals surface area contributed by atoms with Crippen LogP contribution in [0.2, 0.25) is 0 Å². The first kappa shape index (κ1) is 19.0. The molecule has 6 heteroatoms. The number of benzene rings is 1. The third-order valence-electron chi connectivity index (χ3n) is 5.94. The summed E-state index contributed by atoms with van der Waals surface area (Å²) in [7, 11) is 0. The molecule has 1 amide bonds. The Morgan fingerprint density at radius 3 is 2.75 bits per heavy atom. The number of piperazine rings is 1. The van der Waals surface area contributed by atoms with Gasteiger partial charge < -0.3 is 10.2 Å². The summed E-state index contributed by atoms with van der Waals surface area (Å²) in [6.07, 6.45) is 3.12. The van der Waals surface area contributed by atoms with Crippen LogP contribution < -0.4 is 10.2 Å². The zero-order valence-electron chi connectivity index (χ0n) is 16.5. The molecule has 0 bridgehead atoms. The van der Waals surface area contributed by atoms with Gasteiger partial charge in [0.2, 0.25) is 5.91 Å². The summed E-state index contributed by atoms with van der Waals surface area (Å²) >= 11 is 1.58. The maximum atomic E-state index is 12.6. The molecular weight excluding hydrogens is 368 g/mol. The number of carbonyl (C=O) groups is 1. The Kier molecular flexibility index (Phi) is 5.38. The molecule has 2 aromatic rings. The van der Waals surface area contributed by atoms with E-state index in [4.69, 9.17) is 0 Å². The molecule has 28 heavy (non-hydrogen) atoms. The predicted molar refractivity (Wildman–Crippen MR) is 114 cm³/mol. The Morgan fingerprint density at radius 1 is 1.21 bits per heavy atom. The number of aryl methyl sites for hydroxylation is 2. The van der Waals surface area contributed by atoms with Crippen LogP contribution in [-0.2, 0) is 17.6 Å². The monoisotopic (exact) mass is 394 g/mol. The lowest BCUT2D eigenvalue weighted by Gasteiger charge is -2.36. The van der Waals surface area contributed by atoms with Crippen molar-refractivity contribution in [3.63, 3.8) is 0 Å². The number of rotatable bonds is 4. The first-order chi connectivity index (χ1) is 13.6. The van der Waals surface area contributed by atoms with E-state index in [0.717, 1.165) is 56.0 Å². The highest BCUT2D eigenvalue weighted by atomic mass is 32.1. The number of hydrogen-bond acceptors (Lipinski definition) is 5. The molecule has 146 valence electrons. The zero-order valence-corrected chi connectivity index (χ0v) is 17.4. The van der Waals surface area contributed by atoms with Crippen molar-refractivity contribution in [2.45, 2.75) is 33.1 Å². The number of carbonyl (C=O) groups excluding carboxylic acids is 1. The van der Waals surface area contributed by atoms with E-state index in [0.29, 0.717) is 12.1 Å². The second kappa shape index (κ2) is 7.94. The van der Waals surface area contributed by atoms with Gasteiger partial charge in [-0.2, -0.15) is 5.26 Å². The van der Waals surface area contributed by atoms with Gasteiger partial charge in [0.25, 0.3) is 0 Å². The molecule has 2 aliphatic rings. The van der Waals surface area contributed by atoms with Crippen molar-refractivity contribution in [1.82, 2.24) is 4.90 Å². The number of fused-ring (bicyclic) bond motifs is 1. The van der Waals surface area contributed by atoms with Gasteiger partial charge in [0.1, 0.15) is 11.1 Å². The van der Waals surface area contributed by atoms with E-state index in [1.54, 1.807) is 11.3 Å². The van der Waals surface area contributed by atoms with Crippen LogP contribution in [0.3, 0.4) is 0 Å². The number of thiophene rings is 1. The topological polar surface area (TPSA) is 59.4 Å². The van der Waals surface area contributed by atoms with Gasteiger partial charge in [-0.15, -0.1) is 11.3 Å². The highest BCUT2D eigenvalue weighted by molar-refractivity contribution is 7.16. The Hall–Kier alpha value is -2.36. The van der Waals surface area contributed by atoms with Crippen molar-refractivity contribution in [1.29, 1.82) is 5.26 Å². The molecule has 0 saturated carbocycles. The van der Waals surface area contributed by atoms with Crippen molar-refractivity contribution in [3.8, 4) is 6.07 Å². The van der Waals surface area contributed by atoms with E-state index >= 15 is 0 Å². The lowest BCUT2D eigenvalue weighted by molar-refractivity contribution is -0.117. The van der Waals surface area contributed by atoms with Gasteiger partial charge in [0.05, 0.1) is 12.1 Å². The number of hydrogen-bond donors (Lipinski definition) is 1. The fraction of sp³-hybridized carbons (Fsp3) is 0.455. The van der Waals surface area contributed by atoms with Crippen LogP contribution in [0.5, 0.6) is 0 Å². The number of nitrogens with zero attached hydrogens (tertiary/aromatic N) is 3. The molecule has 2 heterocycles. The van der Waals surface area contributed by atoms with Gasteiger partial charge in [-0.3, -0.25) is 9.69 Å². The van der Waals surface area contributed by atoms with Crippen molar-refractivity contribution >= 4 is 27.9 Å². The average molecular weight is 395 g/mol. The minimum Gasteiger partial charge on any atom is -0.369 e. The summed E-state index contributed by atoms with van der Waals surface area (Å²) in [5, 5.41) is 13.2. The molecule has 1 aliphatic carbocycles. The molecule has 1 aromatic heterocycles. The summed E-state index contributed by atoms with van der Waals surface area (Å²) in [4.78, 5) is 18.4. The van der Waals surface area contributed by atoms with Gasteiger partial charge in [0, 0.05) is 36.7 Å². The summed E-state index contributed by atoms with van der Waals surface area (Å²) in [6.45, 7) is 8.29. The maximum absolute atomic E-state index is 12.6. The third-order valence-corrected chi connectivity index (χ3v) is 7.15. The van der Waals surface area contributed by atoms with Crippen LogP contribution in [0.4, 0.5) is 10.7 Å². The van der Waals surface area contributed by atoms with Gasteiger partial charge >= 0.3 is 0 Å². The van der Waals surface area contributed by atoms with Gasteiger partial charge in [0.15, 0.2) is 0 Å². The minimum atomic E-state index is -0.0170. The Bertz CT molecular complexity index is 935. The van der Waals surface area contributed by atoms with Gasteiger partial charge in [-0.1, -0.05) is 12.1 Å². The minimum absolute atomic E-state index is 0.0170. The number of anilines is 2. The SMILES string of the molecule is Cc1cccc(N2CCN(CC(=O)Nc3sc4c(c3C#N)CCC4)CC2)c1C. The third kappa shape index (κ3) is 3.65. The Balaban J connectivity index is 1.33. The van der Waals surface area contributed by atoms with E-state index in [-0.39, 0.29) is 5.91 Å². The lowest BCUT2D eigenvalue weighted by atomic mass is 10.1. The highest BCUT2D eigenvalue weighted by Gasteiger charge is 2.24. The van der Waals surface area contributed by atoms with Crippen LogP contribution in [0.25, 0.3) is 0 Å². The fourth-order valence-corrected chi connectivity index (χ4v) is 5.46. The van der Waals surface area contributed by atoms with Crippen LogP contribution in [0, 0.1) is 25.2 Å². The van der Waals surface area contributed by atoms with Crippen molar-refractivity contribution in [3.05, 3.63) is 45.3 Å². The normalized spacial score (nSPS) is 16.7. The molecule has 4 rings (SSSR count). The zero-order chi connectivity index (χ0) is 19.7. The van der Waals surface area contributed by atoms with Gasteiger partial charge in [-0.05, 0) is 55.9 Å². The molecule has 1 aromatic carbocycles. The molecule has 0 spiro atoms. The van der Waals surface area contributed by atoms with Crippen LogP contribution in [-0.4, -0.2) is 43.5 Å². The molecular formula is C22H26N4OS. The van der Waals surface area contributed by atoms with E-state index in [9.17, 15) is 10.1 Å². The highest BCUT2D eigenvalue weighted by Crippen LogP contribution is 2.38. The summed E-state index contributed by atoms with van der Waals surface area (Å²) in [5.41, 5.74) is 5.80. The van der Waals surface area contributed by atoms with Gasteiger partial charge in [-0.25, -0.2) is 0 Å². The number of nitriles is 1. The van der Waals surface area contributed by atoms with E-state index in [1.165, 1.54) is 21.7 Å². The Morgan fingerprint density at radius 2 is 2.00 bits per heavy atom. The first-order valence-electron chi connectivity index (χ1n) is 9.95. The molecule has 1 fully saturated rings. The average Bonchev–Trinajstić information content (AvgIpc) is 3.25. The Labute approximate surface area is 170 Å². The predicted octanol–water partition coefficient (Wildman–Crippen LogP) is 3.49. The standard InChI is InChI=1S/C22H26N4OS/c1-15-5-3-7-19(16(15)2)26-11-9-25(10-12-26)14-21(27)24-22-18(13-23)17-6-4-8-20(17)28-22/h3,5,7H,4,6,8-12,14H2,1-2H3,(H,24,27). The molecule has 1 saturated heterocycles. The van der Waals surface area contributed by atoms with E-state index in [2.05, 4.69) is 53.2 Å². The molecule has 1 aliphatic heterocycles. The summed E-state index contributed by atoms with van der Waals surface area (Å²) < 4.78 is 0. The second-order valence-electron chi connectivity index (χ2n) is 7.70. The number of nitrogens with one attached hydrogen (secondary N) is 1. The molecule has 0 radical (unpaired) electrons. The van der Waals surface area contributed by atoms with Crippen molar-refractivity contribution < 1.29 is 4.79 Å². The smallest absolute Gasteiger partial charge is 0.239 e. The van der Waals surface area contributed by atoms with E-state index in [1.807, 2.05) is 0 Å². The van der Waals surface area contributed by atoms with Crippen molar-refractivity contribution in [2.24, 2.45) is 0 Å². The van der Waals surface area contributed by atoms with Crippen molar-refractivity contribution in [2.75, 3.05) is 42.9 Å². The second-order valence-corrected chi connectivity index (χ2v) is 8.81. The molecule has 1 N–H and O–H groups in total. The summed E-state index contributed by atoms with van der Waals surface area (Å²) in [5.74, 6) is -0.0170.